The summed E-state index contributed by atoms with van der Waals surface area (Å²) in [5.41, 5.74) is 0.825. The molecule has 3 rings (SSSR count). The van der Waals surface area contributed by atoms with Crippen LogP contribution in [0.2, 0.25) is 10.0 Å². The second-order valence-electron chi connectivity index (χ2n) is 5.42. The molecule has 8 heteroatoms. The highest BCUT2D eigenvalue weighted by Gasteiger charge is 2.31. The fourth-order valence-corrected chi connectivity index (χ4v) is 3.08. The van der Waals surface area contributed by atoms with Crippen molar-refractivity contribution < 1.29 is 14.7 Å². The lowest BCUT2D eigenvalue weighted by atomic mass is 10.0. The molecule has 0 spiro atoms. The number of rotatable bonds is 3. The van der Waals surface area contributed by atoms with Crippen molar-refractivity contribution in [2.24, 2.45) is 0 Å². The zero-order valence-electron chi connectivity index (χ0n) is 12.4. The van der Waals surface area contributed by atoms with E-state index in [1.54, 1.807) is 17.0 Å². The first-order valence-electron chi connectivity index (χ1n) is 7.28. The van der Waals surface area contributed by atoms with Crippen molar-refractivity contribution in [2.75, 3.05) is 6.54 Å². The first-order valence-corrected chi connectivity index (χ1v) is 8.04. The average Bonchev–Trinajstić information content (AvgIpc) is 3.06. The summed E-state index contributed by atoms with van der Waals surface area (Å²) in [5, 5.41) is 9.75. The minimum Gasteiger partial charge on any atom is -0.476 e. The van der Waals surface area contributed by atoms with E-state index in [1.807, 2.05) is 6.07 Å². The zero-order chi connectivity index (χ0) is 17.3. The highest BCUT2D eigenvalue weighted by Crippen LogP contribution is 2.35. The van der Waals surface area contributed by atoms with Gasteiger partial charge in [0.15, 0.2) is 5.69 Å². The van der Waals surface area contributed by atoms with Gasteiger partial charge in [-0.2, -0.15) is 0 Å². The molecule has 0 radical (unpaired) electrons. The number of carbonyl (C=O) groups is 2. The van der Waals surface area contributed by atoms with Crippen LogP contribution in [-0.4, -0.2) is 38.4 Å². The Bertz CT molecular complexity index is 796. The number of benzene rings is 1. The molecule has 6 nitrogen and oxygen atoms in total. The third-order valence-electron chi connectivity index (χ3n) is 3.93. The van der Waals surface area contributed by atoms with Crippen LogP contribution >= 0.6 is 23.2 Å². The summed E-state index contributed by atoms with van der Waals surface area (Å²) in [7, 11) is 0. The van der Waals surface area contributed by atoms with Gasteiger partial charge >= 0.3 is 5.97 Å². The molecule has 1 aromatic heterocycles. The molecule has 24 heavy (non-hydrogen) atoms. The van der Waals surface area contributed by atoms with Crippen LogP contribution in [0.25, 0.3) is 0 Å². The first-order chi connectivity index (χ1) is 11.5. The predicted molar refractivity (Wildman–Crippen MR) is 88.5 cm³/mol. The van der Waals surface area contributed by atoms with Gasteiger partial charge in [0.05, 0.1) is 28.5 Å². The molecule has 1 fully saturated rings. The third kappa shape index (κ3) is 3.20. The standard InChI is InChI=1S/C16H13Cl2N3O3/c17-10-4-3-9(6-11(10)18)14-2-1-5-21(14)15(22)12-7-20-13(8-19-12)16(23)24/h3-4,6-8,14H,1-2,5H2,(H,23,24). The lowest BCUT2D eigenvalue weighted by Gasteiger charge is -2.25. The molecule has 1 N–H and O–H groups in total. The topological polar surface area (TPSA) is 83.4 Å². The average molecular weight is 366 g/mol. The summed E-state index contributed by atoms with van der Waals surface area (Å²) in [4.78, 5) is 32.9. The van der Waals surface area contributed by atoms with E-state index < -0.39 is 5.97 Å². The van der Waals surface area contributed by atoms with E-state index in [0.717, 1.165) is 24.6 Å². The summed E-state index contributed by atoms with van der Waals surface area (Å²) in [6.45, 7) is 0.589. The molecule has 2 heterocycles. The molecule has 1 unspecified atom stereocenters. The number of aromatic carboxylic acids is 1. The van der Waals surface area contributed by atoms with Crippen LogP contribution in [0.4, 0.5) is 0 Å². The Kier molecular flexibility index (Phi) is 4.69. The van der Waals surface area contributed by atoms with Gasteiger partial charge in [0.2, 0.25) is 0 Å². The Morgan fingerprint density at radius 2 is 1.83 bits per heavy atom. The van der Waals surface area contributed by atoms with E-state index in [1.165, 1.54) is 6.20 Å². The second kappa shape index (κ2) is 6.75. The van der Waals surface area contributed by atoms with Crippen LogP contribution in [0.5, 0.6) is 0 Å². The minimum atomic E-state index is -1.18. The fourth-order valence-electron chi connectivity index (χ4n) is 2.77. The van der Waals surface area contributed by atoms with Crippen molar-refractivity contribution in [3.63, 3.8) is 0 Å². The van der Waals surface area contributed by atoms with Gasteiger partial charge < -0.3 is 10.0 Å². The van der Waals surface area contributed by atoms with E-state index in [4.69, 9.17) is 28.3 Å². The van der Waals surface area contributed by atoms with Crippen LogP contribution in [-0.2, 0) is 0 Å². The van der Waals surface area contributed by atoms with E-state index in [0.29, 0.717) is 16.6 Å². The van der Waals surface area contributed by atoms with Crippen LogP contribution in [0.1, 0.15) is 45.4 Å². The Morgan fingerprint density at radius 3 is 2.46 bits per heavy atom. The molecule has 0 aliphatic carbocycles. The van der Waals surface area contributed by atoms with Crippen molar-refractivity contribution >= 4 is 35.1 Å². The fraction of sp³-hybridized carbons (Fsp3) is 0.250. The van der Waals surface area contributed by atoms with Crippen molar-refractivity contribution in [3.05, 3.63) is 57.6 Å². The van der Waals surface area contributed by atoms with Gasteiger partial charge in [-0.05, 0) is 30.5 Å². The predicted octanol–water partition coefficient (Wildman–Crippen LogP) is 3.46. The van der Waals surface area contributed by atoms with Crippen LogP contribution in [0, 0.1) is 0 Å². The minimum absolute atomic E-state index is 0.117. The molecule has 1 amide bonds. The number of carboxylic acids is 1. The number of aromatic nitrogens is 2. The number of hydrogen-bond donors (Lipinski definition) is 1. The summed E-state index contributed by atoms with van der Waals surface area (Å²) in [6.07, 6.45) is 3.94. The van der Waals surface area contributed by atoms with Crippen LogP contribution in [0.15, 0.2) is 30.6 Å². The molecule has 1 aliphatic rings. The second-order valence-corrected chi connectivity index (χ2v) is 6.24. The van der Waals surface area contributed by atoms with Crippen molar-refractivity contribution in [1.29, 1.82) is 0 Å². The number of carboxylic acid groups (broad SMARTS) is 1. The van der Waals surface area contributed by atoms with E-state index in [2.05, 4.69) is 9.97 Å². The molecule has 1 saturated heterocycles. The van der Waals surface area contributed by atoms with Crippen molar-refractivity contribution in [1.82, 2.24) is 14.9 Å². The van der Waals surface area contributed by atoms with Gasteiger partial charge in [-0.15, -0.1) is 0 Å². The number of hydrogen-bond acceptors (Lipinski definition) is 4. The molecule has 0 saturated carbocycles. The zero-order valence-corrected chi connectivity index (χ0v) is 14.0. The Morgan fingerprint density at radius 1 is 1.12 bits per heavy atom. The van der Waals surface area contributed by atoms with Gasteiger partial charge in [-0.1, -0.05) is 29.3 Å². The smallest absolute Gasteiger partial charge is 0.356 e. The van der Waals surface area contributed by atoms with Crippen LogP contribution in [0.3, 0.4) is 0 Å². The lowest BCUT2D eigenvalue weighted by molar-refractivity contribution is 0.0683. The summed E-state index contributed by atoms with van der Waals surface area (Å²) >= 11 is 12.0. The van der Waals surface area contributed by atoms with E-state index in [9.17, 15) is 9.59 Å². The maximum Gasteiger partial charge on any atom is 0.356 e. The molecule has 1 atom stereocenters. The third-order valence-corrected chi connectivity index (χ3v) is 4.67. The number of halogens is 2. The quantitative estimate of drug-likeness (QED) is 0.900. The molecular weight excluding hydrogens is 353 g/mol. The summed E-state index contributed by atoms with van der Waals surface area (Å²) < 4.78 is 0. The maximum atomic E-state index is 12.7. The van der Waals surface area contributed by atoms with Gasteiger partial charge in [0, 0.05) is 6.54 Å². The normalized spacial score (nSPS) is 17.1. The van der Waals surface area contributed by atoms with Gasteiger partial charge in [-0.3, -0.25) is 4.79 Å². The molecule has 2 aromatic rings. The maximum absolute atomic E-state index is 12.7. The number of carbonyl (C=O) groups excluding carboxylic acids is 1. The SMILES string of the molecule is O=C(O)c1cnc(C(=O)N2CCCC2c2ccc(Cl)c(Cl)c2)cn1. The molecule has 0 bridgehead atoms. The molecule has 124 valence electrons. The Labute approximate surface area is 148 Å². The summed E-state index contributed by atoms with van der Waals surface area (Å²) in [6, 6.07) is 5.21. The molecule has 1 aliphatic heterocycles. The van der Waals surface area contributed by atoms with Gasteiger partial charge in [0.25, 0.3) is 5.91 Å². The Balaban J connectivity index is 1.85. The summed E-state index contributed by atoms with van der Waals surface area (Å²) in [5.74, 6) is -1.47. The first kappa shape index (κ1) is 16.7. The highest BCUT2D eigenvalue weighted by atomic mass is 35.5. The molecular formula is C16H13Cl2N3O3. The van der Waals surface area contributed by atoms with Crippen molar-refractivity contribution in [3.8, 4) is 0 Å². The lowest BCUT2D eigenvalue weighted by Crippen LogP contribution is -2.31. The number of likely N-dealkylation sites (tertiary alicyclic amines) is 1. The highest BCUT2D eigenvalue weighted by molar-refractivity contribution is 6.42. The van der Waals surface area contributed by atoms with Crippen molar-refractivity contribution in [2.45, 2.75) is 18.9 Å². The molecule has 1 aromatic carbocycles. The van der Waals surface area contributed by atoms with Gasteiger partial charge in [0.1, 0.15) is 5.69 Å². The monoisotopic (exact) mass is 365 g/mol. The number of amides is 1. The number of nitrogens with zero attached hydrogens (tertiary/aromatic N) is 3. The van der Waals surface area contributed by atoms with Gasteiger partial charge in [-0.25, -0.2) is 14.8 Å². The van der Waals surface area contributed by atoms with Crippen LogP contribution < -0.4 is 0 Å². The van der Waals surface area contributed by atoms with E-state index >= 15 is 0 Å². The largest absolute Gasteiger partial charge is 0.476 e. The van der Waals surface area contributed by atoms with E-state index in [-0.39, 0.29) is 23.3 Å². The Hall–Kier alpha value is -2.18.